The van der Waals surface area contributed by atoms with Crippen LogP contribution in [0.15, 0.2) is 77.4 Å². The number of carbonyl (C=O) groups is 1. The van der Waals surface area contributed by atoms with Gasteiger partial charge in [0.25, 0.3) is 0 Å². The summed E-state index contributed by atoms with van der Waals surface area (Å²) in [5.74, 6) is 0.194. The average molecular weight is 438 g/mol. The zero-order chi connectivity index (χ0) is 22.8. The van der Waals surface area contributed by atoms with Crippen LogP contribution in [-0.4, -0.2) is 25.9 Å². The standard InChI is InChI=1S/C26H22N4O3/c1-17-23(18(2)33-29-17)16-32-26(31)21-13-24(20-11-7-4-8-12-20)28-25-22(21)14-27-30(25)15-19-9-5-3-6-10-19/h3-14H,15-16H2,1-2H3. The molecule has 0 fully saturated rings. The molecule has 7 heteroatoms. The summed E-state index contributed by atoms with van der Waals surface area (Å²) in [6.07, 6.45) is 1.67. The van der Waals surface area contributed by atoms with E-state index >= 15 is 0 Å². The molecule has 0 aliphatic carbocycles. The number of ether oxygens (including phenoxy) is 1. The molecule has 7 nitrogen and oxygen atoms in total. The van der Waals surface area contributed by atoms with Crippen LogP contribution in [0.25, 0.3) is 22.3 Å². The van der Waals surface area contributed by atoms with Gasteiger partial charge in [0, 0.05) is 5.56 Å². The molecule has 3 heterocycles. The molecule has 0 aliphatic rings. The highest BCUT2D eigenvalue weighted by Gasteiger charge is 2.20. The van der Waals surface area contributed by atoms with Crippen molar-refractivity contribution in [3.8, 4) is 11.3 Å². The van der Waals surface area contributed by atoms with Gasteiger partial charge in [-0.05, 0) is 25.5 Å². The van der Waals surface area contributed by atoms with E-state index in [-0.39, 0.29) is 6.61 Å². The van der Waals surface area contributed by atoms with E-state index in [1.165, 1.54) is 0 Å². The lowest BCUT2D eigenvalue weighted by Gasteiger charge is -2.10. The van der Waals surface area contributed by atoms with Crippen molar-refractivity contribution in [2.45, 2.75) is 27.0 Å². The Labute approximate surface area is 190 Å². The van der Waals surface area contributed by atoms with Gasteiger partial charge >= 0.3 is 5.97 Å². The maximum Gasteiger partial charge on any atom is 0.339 e. The summed E-state index contributed by atoms with van der Waals surface area (Å²) in [6, 6.07) is 21.5. The second-order valence-corrected chi connectivity index (χ2v) is 7.83. The summed E-state index contributed by atoms with van der Waals surface area (Å²) in [5, 5.41) is 9.10. The van der Waals surface area contributed by atoms with Gasteiger partial charge in [-0.1, -0.05) is 65.8 Å². The molecule has 0 radical (unpaired) electrons. The van der Waals surface area contributed by atoms with Crippen LogP contribution in [0.2, 0.25) is 0 Å². The molecule has 0 atom stereocenters. The van der Waals surface area contributed by atoms with Crippen LogP contribution < -0.4 is 0 Å². The molecule has 0 bridgehead atoms. The van der Waals surface area contributed by atoms with Crippen LogP contribution >= 0.6 is 0 Å². The van der Waals surface area contributed by atoms with Crippen molar-refractivity contribution in [2.75, 3.05) is 0 Å². The van der Waals surface area contributed by atoms with Crippen LogP contribution in [0.3, 0.4) is 0 Å². The van der Waals surface area contributed by atoms with Crippen molar-refractivity contribution < 1.29 is 14.1 Å². The first-order chi connectivity index (χ1) is 16.1. The molecule has 0 aliphatic heterocycles. The first-order valence-corrected chi connectivity index (χ1v) is 10.6. The van der Waals surface area contributed by atoms with Gasteiger partial charge in [-0.25, -0.2) is 14.5 Å². The van der Waals surface area contributed by atoms with Gasteiger partial charge in [0.05, 0.1) is 40.6 Å². The molecule has 164 valence electrons. The van der Waals surface area contributed by atoms with Crippen molar-refractivity contribution in [2.24, 2.45) is 0 Å². The van der Waals surface area contributed by atoms with E-state index in [4.69, 9.17) is 14.2 Å². The zero-order valence-electron chi connectivity index (χ0n) is 18.4. The Morgan fingerprint density at radius 2 is 1.76 bits per heavy atom. The van der Waals surface area contributed by atoms with Crippen LogP contribution in [-0.2, 0) is 17.9 Å². The molecule has 5 rings (SSSR count). The highest BCUT2D eigenvalue weighted by molar-refractivity contribution is 6.03. The molecule has 0 unspecified atom stereocenters. The van der Waals surface area contributed by atoms with Gasteiger partial charge in [-0.3, -0.25) is 0 Å². The first-order valence-electron chi connectivity index (χ1n) is 10.6. The molecular formula is C26H22N4O3. The number of carbonyl (C=O) groups excluding carboxylic acids is 1. The monoisotopic (exact) mass is 438 g/mol. The van der Waals surface area contributed by atoms with Crippen molar-refractivity contribution in [1.29, 1.82) is 0 Å². The summed E-state index contributed by atoms with van der Waals surface area (Å²) in [7, 11) is 0. The Bertz CT molecular complexity index is 1400. The summed E-state index contributed by atoms with van der Waals surface area (Å²) >= 11 is 0. The smallest absolute Gasteiger partial charge is 0.339 e. The largest absolute Gasteiger partial charge is 0.457 e. The van der Waals surface area contributed by atoms with Gasteiger partial charge in [0.1, 0.15) is 12.4 Å². The fraction of sp³-hybridized carbons (Fsp3) is 0.154. The molecule has 2 aromatic carbocycles. The van der Waals surface area contributed by atoms with E-state index in [1.807, 2.05) is 72.3 Å². The maximum atomic E-state index is 13.2. The van der Waals surface area contributed by atoms with Crippen LogP contribution in [0.1, 0.15) is 32.9 Å². The number of benzene rings is 2. The third-order valence-corrected chi connectivity index (χ3v) is 5.60. The number of hydrogen-bond donors (Lipinski definition) is 0. The fourth-order valence-corrected chi connectivity index (χ4v) is 3.77. The zero-order valence-corrected chi connectivity index (χ0v) is 18.4. The number of aryl methyl sites for hydroxylation is 2. The number of fused-ring (bicyclic) bond motifs is 1. The molecule has 0 amide bonds. The Kier molecular flexibility index (Phi) is 5.44. The quantitative estimate of drug-likeness (QED) is 0.343. The average Bonchev–Trinajstić information content (AvgIpc) is 3.40. The highest BCUT2D eigenvalue weighted by Crippen LogP contribution is 2.26. The number of pyridine rings is 1. The van der Waals surface area contributed by atoms with E-state index in [0.29, 0.717) is 40.3 Å². The minimum atomic E-state index is -0.446. The number of aromatic nitrogens is 4. The van der Waals surface area contributed by atoms with E-state index in [1.54, 1.807) is 19.2 Å². The molecular weight excluding hydrogens is 416 g/mol. The molecule has 0 N–H and O–H groups in total. The number of rotatable bonds is 6. The van der Waals surface area contributed by atoms with Crippen molar-refractivity contribution in [3.05, 3.63) is 101 Å². The van der Waals surface area contributed by atoms with E-state index in [9.17, 15) is 4.79 Å². The predicted octanol–water partition coefficient (Wildman–Crippen LogP) is 5.11. The third-order valence-electron chi connectivity index (χ3n) is 5.60. The van der Waals surface area contributed by atoms with E-state index in [2.05, 4.69) is 10.3 Å². The first kappa shape index (κ1) is 20.6. The van der Waals surface area contributed by atoms with Gasteiger partial charge in [0.2, 0.25) is 0 Å². The third kappa shape index (κ3) is 4.13. The van der Waals surface area contributed by atoms with Crippen LogP contribution in [0.4, 0.5) is 0 Å². The number of hydrogen-bond acceptors (Lipinski definition) is 6. The summed E-state index contributed by atoms with van der Waals surface area (Å²) < 4.78 is 12.6. The van der Waals surface area contributed by atoms with Crippen molar-refractivity contribution >= 4 is 17.0 Å². The molecule has 5 aromatic rings. The van der Waals surface area contributed by atoms with Gasteiger partial charge in [0.15, 0.2) is 5.65 Å². The lowest BCUT2D eigenvalue weighted by molar-refractivity contribution is 0.0473. The Morgan fingerprint density at radius 1 is 1.03 bits per heavy atom. The fourth-order valence-electron chi connectivity index (χ4n) is 3.77. The SMILES string of the molecule is Cc1noc(C)c1COC(=O)c1cc(-c2ccccc2)nc2c1cnn2Cc1ccccc1. The summed E-state index contributed by atoms with van der Waals surface area (Å²) in [5.41, 5.74) is 5.22. The second-order valence-electron chi connectivity index (χ2n) is 7.83. The Balaban J connectivity index is 1.55. The molecule has 33 heavy (non-hydrogen) atoms. The van der Waals surface area contributed by atoms with E-state index < -0.39 is 5.97 Å². The minimum absolute atomic E-state index is 0.0860. The van der Waals surface area contributed by atoms with Crippen molar-refractivity contribution in [3.63, 3.8) is 0 Å². The summed E-state index contributed by atoms with van der Waals surface area (Å²) in [6.45, 7) is 4.26. The van der Waals surface area contributed by atoms with Gasteiger partial charge in [-0.15, -0.1) is 0 Å². The van der Waals surface area contributed by atoms with Gasteiger partial charge in [-0.2, -0.15) is 5.10 Å². The molecule has 0 saturated heterocycles. The molecule has 0 spiro atoms. The second kappa shape index (κ2) is 8.70. The lowest BCUT2D eigenvalue weighted by Crippen LogP contribution is -2.09. The highest BCUT2D eigenvalue weighted by atomic mass is 16.5. The number of esters is 1. The molecule has 0 saturated carbocycles. The normalized spacial score (nSPS) is 11.1. The van der Waals surface area contributed by atoms with Crippen molar-refractivity contribution in [1.82, 2.24) is 19.9 Å². The van der Waals surface area contributed by atoms with Crippen LogP contribution in [0, 0.1) is 13.8 Å². The topological polar surface area (TPSA) is 83.0 Å². The minimum Gasteiger partial charge on any atom is -0.457 e. The van der Waals surface area contributed by atoms with Crippen LogP contribution in [0.5, 0.6) is 0 Å². The van der Waals surface area contributed by atoms with Gasteiger partial charge < -0.3 is 9.26 Å². The van der Waals surface area contributed by atoms with E-state index in [0.717, 1.165) is 16.7 Å². The lowest BCUT2D eigenvalue weighted by atomic mass is 10.1. The molecule has 3 aromatic heterocycles. The Hall–Kier alpha value is -4.26. The Morgan fingerprint density at radius 3 is 2.45 bits per heavy atom. The predicted molar refractivity (Wildman–Crippen MR) is 124 cm³/mol. The maximum absolute atomic E-state index is 13.2. The number of nitrogens with zero attached hydrogens (tertiary/aromatic N) is 4. The summed E-state index contributed by atoms with van der Waals surface area (Å²) in [4.78, 5) is 18.0.